The fourth-order valence-electron chi connectivity index (χ4n) is 5.08. The van der Waals surface area contributed by atoms with Gasteiger partial charge in [0.2, 0.25) is 0 Å². The number of hydrogen-bond acceptors (Lipinski definition) is 4. The monoisotopic (exact) mass is 468 g/mol. The van der Waals surface area contributed by atoms with Gasteiger partial charge in [0.05, 0.1) is 23.2 Å². The molecule has 2 aromatic carbocycles. The maximum Gasteiger partial charge on any atom is 0.188 e. The molecule has 0 saturated heterocycles. The van der Waals surface area contributed by atoms with Gasteiger partial charge in [-0.2, -0.15) is 0 Å². The second-order valence-electron chi connectivity index (χ2n) is 8.71. The van der Waals surface area contributed by atoms with Crippen LogP contribution in [0, 0.1) is 23.5 Å². The SMILES string of the molecule is O=S(=O)(c1ccc(Cl)cc1)[C@]12CCC[C@H](OCC3CC3)[C@H]1COc1c(F)ccc(F)c12. The molecule has 0 unspecified atom stereocenters. The number of rotatable bonds is 5. The standard InChI is InChI=1S/C23H23ClF2O4S/c24-15-5-7-16(8-6-15)31(27,28)23-11-1-2-20(29-12-14-3-4-14)17(23)13-30-22-19(26)10-9-18(25)21(22)23/h5-10,14,17,20H,1-4,11-13H2/t17-,20+,23-/m1/s1. The van der Waals surface area contributed by atoms with Crippen molar-refractivity contribution in [3.63, 3.8) is 0 Å². The molecule has 166 valence electrons. The molecular weight excluding hydrogens is 446 g/mol. The van der Waals surface area contributed by atoms with Gasteiger partial charge in [-0.15, -0.1) is 0 Å². The van der Waals surface area contributed by atoms with Crippen molar-refractivity contribution in [2.24, 2.45) is 11.8 Å². The Morgan fingerprint density at radius 3 is 2.48 bits per heavy atom. The highest BCUT2D eigenvalue weighted by Gasteiger charge is 2.61. The molecular formula is C23H23ClF2O4S. The first kappa shape index (κ1) is 21.2. The van der Waals surface area contributed by atoms with E-state index in [1.807, 2.05) is 0 Å². The first-order chi connectivity index (χ1) is 14.8. The Hall–Kier alpha value is -1.70. The molecule has 0 spiro atoms. The first-order valence-electron chi connectivity index (χ1n) is 10.6. The van der Waals surface area contributed by atoms with Gasteiger partial charge >= 0.3 is 0 Å². The second kappa shape index (κ2) is 7.71. The molecule has 0 aromatic heterocycles. The zero-order chi connectivity index (χ0) is 21.8. The van der Waals surface area contributed by atoms with Gasteiger partial charge in [-0.05, 0) is 74.4 Å². The summed E-state index contributed by atoms with van der Waals surface area (Å²) in [5.74, 6) is -2.00. The van der Waals surface area contributed by atoms with Gasteiger partial charge in [0, 0.05) is 17.5 Å². The highest BCUT2D eigenvalue weighted by atomic mass is 35.5. The van der Waals surface area contributed by atoms with Gasteiger partial charge in [-0.25, -0.2) is 17.2 Å². The van der Waals surface area contributed by atoms with Crippen LogP contribution < -0.4 is 4.74 Å². The Kier molecular flexibility index (Phi) is 5.26. The number of benzene rings is 2. The predicted octanol–water partition coefficient (Wildman–Crippen LogP) is 5.28. The van der Waals surface area contributed by atoms with Gasteiger partial charge in [0.1, 0.15) is 10.6 Å². The van der Waals surface area contributed by atoms with Crippen molar-refractivity contribution < 1.29 is 26.7 Å². The van der Waals surface area contributed by atoms with Crippen LogP contribution >= 0.6 is 11.6 Å². The highest BCUT2D eigenvalue weighted by molar-refractivity contribution is 7.92. The number of halogens is 3. The summed E-state index contributed by atoms with van der Waals surface area (Å²) in [4.78, 5) is 0.0289. The minimum Gasteiger partial charge on any atom is -0.490 e. The Balaban J connectivity index is 1.70. The lowest BCUT2D eigenvalue weighted by atomic mass is 9.71. The van der Waals surface area contributed by atoms with Crippen LogP contribution in [0.4, 0.5) is 8.78 Å². The van der Waals surface area contributed by atoms with Crippen molar-refractivity contribution in [2.75, 3.05) is 13.2 Å². The summed E-state index contributed by atoms with van der Waals surface area (Å²) in [5.41, 5.74) is -0.210. The Morgan fingerprint density at radius 2 is 1.77 bits per heavy atom. The maximum absolute atomic E-state index is 15.3. The quantitative estimate of drug-likeness (QED) is 0.599. The number of hydrogen-bond donors (Lipinski definition) is 0. The Morgan fingerprint density at radius 1 is 1.06 bits per heavy atom. The molecule has 2 saturated carbocycles. The molecule has 5 rings (SSSR count). The molecule has 1 aliphatic heterocycles. The molecule has 3 atom stereocenters. The molecule has 2 fully saturated rings. The fraction of sp³-hybridized carbons (Fsp3) is 0.478. The maximum atomic E-state index is 15.3. The third-order valence-corrected chi connectivity index (χ3v) is 9.63. The minimum atomic E-state index is -4.13. The van der Waals surface area contributed by atoms with Crippen LogP contribution in [-0.4, -0.2) is 27.7 Å². The van der Waals surface area contributed by atoms with Crippen LogP contribution in [-0.2, 0) is 19.3 Å². The highest BCUT2D eigenvalue weighted by Crippen LogP contribution is 2.57. The van der Waals surface area contributed by atoms with E-state index >= 15 is 4.39 Å². The summed E-state index contributed by atoms with van der Waals surface area (Å²) in [5, 5.41) is 0.395. The molecule has 0 bridgehead atoms. The van der Waals surface area contributed by atoms with E-state index in [2.05, 4.69) is 0 Å². The van der Waals surface area contributed by atoms with Crippen LogP contribution in [0.3, 0.4) is 0 Å². The summed E-state index contributed by atoms with van der Waals surface area (Å²) >= 11 is 5.97. The largest absolute Gasteiger partial charge is 0.490 e. The lowest BCUT2D eigenvalue weighted by Gasteiger charge is -2.50. The van der Waals surface area contributed by atoms with E-state index in [-0.39, 0.29) is 29.2 Å². The number of sulfone groups is 1. The molecule has 0 radical (unpaired) electrons. The van der Waals surface area contributed by atoms with E-state index < -0.39 is 38.2 Å². The van der Waals surface area contributed by atoms with Crippen LogP contribution in [0.25, 0.3) is 0 Å². The average Bonchev–Trinajstić information content (AvgIpc) is 3.59. The van der Waals surface area contributed by atoms with Crippen molar-refractivity contribution in [2.45, 2.75) is 47.9 Å². The van der Waals surface area contributed by atoms with Gasteiger partial charge in [0.25, 0.3) is 0 Å². The van der Waals surface area contributed by atoms with Gasteiger partial charge in [-0.1, -0.05) is 11.6 Å². The molecule has 31 heavy (non-hydrogen) atoms. The zero-order valence-corrected chi connectivity index (χ0v) is 18.4. The lowest BCUT2D eigenvalue weighted by molar-refractivity contribution is -0.0547. The molecule has 0 N–H and O–H groups in total. The van der Waals surface area contributed by atoms with E-state index in [4.69, 9.17) is 21.1 Å². The average molecular weight is 469 g/mol. The molecule has 3 aliphatic rings. The zero-order valence-electron chi connectivity index (χ0n) is 16.8. The fourth-order valence-corrected chi connectivity index (χ4v) is 7.61. The van der Waals surface area contributed by atoms with Gasteiger partial charge < -0.3 is 9.47 Å². The smallest absolute Gasteiger partial charge is 0.188 e. The molecule has 8 heteroatoms. The summed E-state index contributed by atoms with van der Waals surface area (Å²) in [7, 11) is -4.13. The minimum absolute atomic E-state index is 0.0289. The normalized spacial score (nSPS) is 27.8. The van der Waals surface area contributed by atoms with E-state index in [1.165, 1.54) is 24.3 Å². The van der Waals surface area contributed by atoms with Crippen molar-refractivity contribution in [3.05, 3.63) is 58.6 Å². The summed E-state index contributed by atoms with van der Waals surface area (Å²) in [6.07, 6.45) is 3.14. The van der Waals surface area contributed by atoms with Crippen LogP contribution in [0.5, 0.6) is 5.75 Å². The Bertz CT molecular complexity index is 1100. The first-order valence-corrected chi connectivity index (χ1v) is 12.4. The molecule has 2 aromatic rings. The number of ether oxygens (including phenoxy) is 2. The summed E-state index contributed by atoms with van der Waals surface area (Å²) < 4.78 is 68.3. The van der Waals surface area contributed by atoms with E-state index in [9.17, 15) is 12.8 Å². The third kappa shape index (κ3) is 3.36. The summed E-state index contributed by atoms with van der Waals surface area (Å²) in [6.45, 7) is 0.506. The van der Waals surface area contributed by atoms with Crippen molar-refractivity contribution in [1.29, 1.82) is 0 Å². The van der Waals surface area contributed by atoms with Gasteiger partial charge in [-0.3, -0.25) is 0 Å². The van der Waals surface area contributed by atoms with Crippen LogP contribution in [0.2, 0.25) is 5.02 Å². The second-order valence-corrected chi connectivity index (χ2v) is 11.3. The topological polar surface area (TPSA) is 52.6 Å². The van der Waals surface area contributed by atoms with E-state index in [1.54, 1.807) is 0 Å². The predicted molar refractivity (Wildman–Crippen MR) is 112 cm³/mol. The molecule has 1 heterocycles. The van der Waals surface area contributed by atoms with Crippen molar-refractivity contribution in [1.82, 2.24) is 0 Å². The van der Waals surface area contributed by atoms with Crippen LogP contribution in [0.15, 0.2) is 41.3 Å². The molecule has 0 amide bonds. The summed E-state index contributed by atoms with van der Waals surface area (Å²) in [6, 6.07) is 7.78. The molecule has 2 aliphatic carbocycles. The van der Waals surface area contributed by atoms with Gasteiger partial charge in [0.15, 0.2) is 21.4 Å². The van der Waals surface area contributed by atoms with E-state index in [0.29, 0.717) is 30.4 Å². The lowest BCUT2D eigenvalue weighted by Crippen LogP contribution is -2.56. The molecule has 4 nitrogen and oxygen atoms in total. The van der Waals surface area contributed by atoms with Crippen molar-refractivity contribution >= 4 is 21.4 Å². The van der Waals surface area contributed by atoms with Crippen LogP contribution in [0.1, 0.15) is 37.7 Å². The van der Waals surface area contributed by atoms with E-state index in [0.717, 1.165) is 25.0 Å². The Labute approximate surface area is 185 Å². The third-order valence-electron chi connectivity index (χ3n) is 6.82. The van der Waals surface area contributed by atoms with Crippen molar-refractivity contribution in [3.8, 4) is 5.75 Å². The number of fused-ring (bicyclic) bond motifs is 3.